The number of ether oxygens (including phenoxy) is 1. The highest BCUT2D eigenvalue weighted by Crippen LogP contribution is 2.08. The van der Waals surface area contributed by atoms with Gasteiger partial charge in [0.1, 0.15) is 5.60 Å². The molecule has 0 unspecified atom stereocenters. The molecule has 48 valence electrons. The molecule has 0 rings (SSSR count). The molecule has 0 aromatic rings. The van der Waals surface area contributed by atoms with Crippen LogP contribution >= 0.6 is 11.6 Å². The summed E-state index contributed by atoms with van der Waals surface area (Å²) in [6.45, 7) is 3.89. The first-order valence-electron chi connectivity index (χ1n) is 2.30. The van der Waals surface area contributed by atoms with Gasteiger partial charge in [-0.3, -0.25) is 4.79 Å². The van der Waals surface area contributed by atoms with Crippen LogP contribution in [0.5, 0.6) is 0 Å². The van der Waals surface area contributed by atoms with E-state index in [0.29, 0.717) is 12.4 Å². The Bertz CT molecular complexity index is 80.5. The molecule has 0 aromatic carbocycles. The molecule has 0 aliphatic heterocycles. The van der Waals surface area contributed by atoms with Crippen LogP contribution in [0.2, 0.25) is 0 Å². The standard InChI is InChI=1S/C5H9ClO2/c1-5(2,3-6)8-4-7/h4H,3H2,1-2H3. The molecule has 3 heteroatoms. The predicted molar refractivity (Wildman–Crippen MR) is 31.9 cm³/mol. The molecule has 0 heterocycles. The zero-order chi connectivity index (χ0) is 6.62. The lowest BCUT2D eigenvalue weighted by atomic mass is 10.2. The predicted octanol–water partition coefficient (Wildman–Crippen LogP) is 1.18. The molecule has 8 heavy (non-hydrogen) atoms. The Kier molecular flexibility index (Phi) is 2.84. The molecule has 0 amide bonds. The highest BCUT2D eigenvalue weighted by atomic mass is 35.5. The van der Waals surface area contributed by atoms with Gasteiger partial charge >= 0.3 is 0 Å². The van der Waals surface area contributed by atoms with Gasteiger partial charge in [-0.05, 0) is 13.8 Å². The average molecular weight is 137 g/mol. The largest absolute Gasteiger partial charge is 0.461 e. The maximum atomic E-state index is 9.70. The number of alkyl halides is 1. The van der Waals surface area contributed by atoms with E-state index >= 15 is 0 Å². The van der Waals surface area contributed by atoms with Crippen LogP contribution in [0, 0.1) is 0 Å². The van der Waals surface area contributed by atoms with Crippen LogP contribution in [0.4, 0.5) is 0 Å². The van der Waals surface area contributed by atoms with Crippen molar-refractivity contribution in [1.29, 1.82) is 0 Å². The summed E-state index contributed by atoms with van der Waals surface area (Å²) in [6, 6.07) is 0. The third-order valence-corrected chi connectivity index (χ3v) is 1.33. The van der Waals surface area contributed by atoms with Gasteiger partial charge in [-0.1, -0.05) is 0 Å². The lowest BCUT2D eigenvalue weighted by Gasteiger charge is -2.17. The van der Waals surface area contributed by atoms with E-state index in [1.165, 1.54) is 0 Å². The van der Waals surface area contributed by atoms with Crippen LogP contribution in [0.3, 0.4) is 0 Å². The Hall–Kier alpha value is -0.240. The normalized spacial score (nSPS) is 10.9. The third kappa shape index (κ3) is 2.86. The van der Waals surface area contributed by atoms with Gasteiger partial charge in [0.25, 0.3) is 6.47 Å². The minimum Gasteiger partial charge on any atom is -0.461 e. The van der Waals surface area contributed by atoms with Gasteiger partial charge in [0.2, 0.25) is 0 Å². The van der Waals surface area contributed by atoms with Gasteiger partial charge in [0.05, 0.1) is 5.88 Å². The van der Waals surface area contributed by atoms with E-state index < -0.39 is 5.60 Å². The topological polar surface area (TPSA) is 26.3 Å². The van der Waals surface area contributed by atoms with E-state index in [2.05, 4.69) is 4.74 Å². The van der Waals surface area contributed by atoms with E-state index in [4.69, 9.17) is 11.6 Å². The fourth-order valence-electron chi connectivity index (χ4n) is 0.162. The number of rotatable bonds is 3. The maximum Gasteiger partial charge on any atom is 0.293 e. The average Bonchev–Trinajstić information content (AvgIpc) is 1.67. The third-order valence-electron chi connectivity index (χ3n) is 0.689. The summed E-state index contributed by atoms with van der Waals surface area (Å²) in [4.78, 5) is 9.70. The highest BCUT2D eigenvalue weighted by Gasteiger charge is 2.15. The second-order valence-electron chi connectivity index (χ2n) is 2.11. The molecular weight excluding hydrogens is 128 g/mol. The van der Waals surface area contributed by atoms with Gasteiger partial charge < -0.3 is 4.74 Å². The Balaban J connectivity index is 3.53. The van der Waals surface area contributed by atoms with Gasteiger partial charge in [0, 0.05) is 0 Å². The van der Waals surface area contributed by atoms with E-state index in [9.17, 15) is 4.79 Å². The number of carbonyl (C=O) groups is 1. The Morgan fingerprint density at radius 2 is 2.25 bits per heavy atom. The Labute approximate surface area is 53.8 Å². The number of hydrogen-bond acceptors (Lipinski definition) is 2. The number of halogens is 1. The monoisotopic (exact) mass is 136 g/mol. The van der Waals surface area contributed by atoms with E-state index in [1.807, 2.05) is 0 Å². The van der Waals surface area contributed by atoms with Crippen molar-refractivity contribution in [3.63, 3.8) is 0 Å². The molecule has 0 spiro atoms. The molecule has 0 aliphatic rings. The minimum absolute atomic E-state index is 0.325. The van der Waals surface area contributed by atoms with Gasteiger partial charge in [0.15, 0.2) is 0 Å². The summed E-state index contributed by atoms with van der Waals surface area (Å²) in [6.07, 6.45) is 0. The summed E-state index contributed by atoms with van der Waals surface area (Å²) >= 11 is 5.39. The Morgan fingerprint density at radius 1 is 1.75 bits per heavy atom. The zero-order valence-corrected chi connectivity index (χ0v) is 5.73. The molecule has 0 aromatic heterocycles. The zero-order valence-electron chi connectivity index (χ0n) is 4.98. The molecule has 0 aliphatic carbocycles. The highest BCUT2D eigenvalue weighted by molar-refractivity contribution is 6.18. The first kappa shape index (κ1) is 7.76. The van der Waals surface area contributed by atoms with Crippen molar-refractivity contribution in [2.75, 3.05) is 5.88 Å². The van der Waals surface area contributed by atoms with E-state index in [-0.39, 0.29) is 0 Å². The lowest BCUT2D eigenvalue weighted by molar-refractivity contribution is -0.138. The number of carbonyl (C=O) groups excluding carboxylic acids is 1. The molecular formula is C5H9ClO2. The van der Waals surface area contributed by atoms with Gasteiger partial charge in [-0.15, -0.1) is 11.6 Å². The fourth-order valence-corrected chi connectivity index (χ4v) is 0.225. The fraction of sp³-hybridized carbons (Fsp3) is 0.800. The van der Waals surface area contributed by atoms with E-state index in [0.717, 1.165) is 0 Å². The van der Waals surface area contributed by atoms with Crippen molar-refractivity contribution in [2.24, 2.45) is 0 Å². The lowest BCUT2D eigenvalue weighted by Crippen LogP contribution is -2.25. The SMILES string of the molecule is CC(C)(CCl)OC=O. The summed E-state index contributed by atoms with van der Waals surface area (Å²) in [5.41, 5.74) is -0.511. The van der Waals surface area contributed by atoms with Crippen molar-refractivity contribution in [3.05, 3.63) is 0 Å². The number of hydrogen-bond donors (Lipinski definition) is 0. The quantitative estimate of drug-likeness (QED) is 0.430. The maximum absolute atomic E-state index is 9.70. The van der Waals surface area contributed by atoms with Crippen molar-refractivity contribution in [2.45, 2.75) is 19.4 Å². The van der Waals surface area contributed by atoms with Crippen LogP contribution in [-0.4, -0.2) is 18.0 Å². The summed E-state index contributed by atoms with van der Waals surface area (Å²) in [5.74, 6) is 0.325. The molecule has 0 fully saturated rings. The first-order chi connectivity index (χ1) is 3.62. The summed E-state index contributed by atoms with van der Waals surface area (Å²) < 4.78 is 4.57. The molecule has 0 saturated carbocycles. The van der Waals surface area contributed by atoms with E-state index in [1.54, 1.807) is 13.8 Å². The van der Waals surface area contributed by atoms with Crippen molar-refractivity contribution in [1.82, 2.24) is 0 Å². The van der Waals surface area contributed by atoms with Crippen LogP contribution < -0.4 is 0 Å². The van der Waals surface area contributed by atoms with Crippen molar-refractivity contribution < 1.29 is 9.53 Å². The van der Waals surface area contributed by atoms with Gasteiger partial charge in [-0.25, -0.2) is 0 Å². The molecule has 0 N–H and O–H groups in total. The van der Waals surface area contributed by atoms with Gasteiger partial charge in [-0.2, -0.15) is 0 Å². The molecule has 2 nitrogen and oxygen atoms in total. The van der Waals surface area contributed by atoms with Crippen LogP contribution in [0.1, 0.15) is 13.8 Å². The summed E-state index contributed by atoms with van der Waals surface area (Å²) in [7, 11) is 0. The van der Waals surface area contributed by atoms with Crippen LogP contribution in [-0.2, 0) is 9.53 Å². The molecule has 0 atom stereocenters. The van der Waals surface area contributed by atoms with Crippen LogP contribution in [0.25, 0.3) is 0 Å². The van der Waals surface area contributed by atoms with Crippen molar-refractivity contribution >= 4 is 18.1 Å². The smallest absolute Gasteiger partial charge is 0.293 e. The molecule has 0 saturated heterocycles. The summed E-state index contributed by atoms with van der Waals surface area (Å²) in [5, 5.41) is 0. The van der Waals surface area contributed by atoms with Crippen molar-refractivity contribution in [3.8, 4) is 0 Å². The second kappa shape index (κ2) is 2.92. The molecule has 0 radical (unpaired) electrons. The van der Waals surface area contributed by atoms with Crippen LogP contribution in [0.15, 0.2) is 0 Å². The molecule has 0 bridgehead atoms. The second-order valence-corrected chi connectivity index (χ2v) is 2.37. The minimum atomic E-state index is -0.511. The first-order valence-corrected chi connectivity index (χ1v) is 2.83. The Morgan fingerprint density at radius 3 is 2.38 bits per heavy atom.